The number of hydrogen-bond donors (Lipinski definition) is 2. The number of aliphatic hydroxyl groups is 1. The molecule has 1 atom stereocenters. The molecule has 33 heavy (non-hydrogen) atoms. The standard InChI is InChI=1S/C24H30F2N2O4S/c1-5-15(10-11-28-30-4)12-18(21-14-27-22(33-21)24(2,3)29)16-6-9-19(32-23(25)26)20(13-16)31-17-7-8-17/h5-6,9-11,13-14,17-18,23,28-29H,7-8,12H2,1-4H3/p+1/b11-10-,15-5+. The van der Waals surface area contributed by atoms with Gasteiger partial charge >= 0.3 is 6.61 Å². The number of benzene rings is 1. The lowest BCUT2D eigenvalue weighted by atomic mass is 9.90. The number of ether oxygens (including phenoxy) is 2. The minimum atomic E-state index is -2.93. The van der Waals surface area contributed by atoms with Crippen LogP contribution in [0.3, 0.4) is 0 Å². The lowest BCUT2D eigenvalue weighted by Gasteiger charge is -2.20. The highest BCUT2D eigenvalue weighted by atomic mass is 32.1. The fourth-order valence-corrected chi connectivity index (χ4v) is 4.31. The van der Waals surface area contributed by atoms with Gasteiger partial charge in [-0.2, -0.15) is 14.3 Å². The molecule has 1 heterocycles. The number of aromatic nitrogens is 1. The summed E-state index contributed by atoms with van der Waals surface area (Å²) in [6.07, 6.45) is 10.0. The molecule has 2 aromatic rings. The summed E-state index contributed by atoms with van der Waals surface area (Å²) >= 11 is 1.43. The normalized spacial score (nSPS) is 15.9. The van der Waals surface area contributed by atoms with Crippen molar-refractivity contribution in [3.63, 3.8) is 0 Å². The molecule has 3 rings (SSSR count). The molecule has 0 amide bonds. The molecule has 0 aliphatic heterocycles. The molecule has 6 nitrogen and oxygen atoms in total. The van der Waals surface area contributed by atoms with Crippen molar-refractivity contribution in [2.75, 3.05) is 7.11 Å². The van der Waals surface area contributed by atoms with Gasteiger partial charge in [-0.05, 0) is 69.4 Å². The number of thiazole rings is 1. The largest absolute Gasteiger partial charge is 0.487 e. The van der Waals surface area contributed by atoms with E-state index in [4.69, 9.17) is 9.57 Å². The number of hydrogen-bond acceptors (Lipinski definition) is 6. The van der Waals surface area contributed by atoms with Crippen molar-refractivity contribution in [1.29, 1.82) is 0 Å². The molecule has 9 heteroatoms. The van der Waals surface area contributed by atoms with Gasteiger partial charge < -0.3 is 14.6 Å². The van der Waals surface area contributed by atoms with Gasteiger partial charge in [-0.25, -0.2) is 9.82 Å². The molecule has 1 saturated carbocycles. The maximum Gasteiger partial charge on any atom is 0.387 e. The number of nitrogens with zero attached hydrogens (tertiary/aromatic N) is 1. The van der Waals surface area contributed by atoms with Crippen LogP contribution >= 0.6 is 11.3 Å². The number of rotatable bonds is 12. The predicted octanol–water partition coefficient (Wildman–Crippen LogP) is 4.62. The Kier molecular flexibility index (Phi) is 8.58. The van der Waals surface area contributed by atoms with Crippen molar-refractivity contribution >= 4 is 11.3 Å². The van der Waals surface area contributed by atoms with Gasteiger partial charge in [0.05, 0.1) is 13.2 Å². The van der Waals surface area contributed by atoms with Crippen LogP contribution in [0.15, 0.2) is 48.3 Å². The van der Waals surface area contributed by atoms with Gasteiger partial charge in [0.15, 0.2) is 11.5 Å². The van der Waals surface area contributed by atoms with Gasteiger partial charge in [-0.3, -0.25) is 0 Å². The quantitative estimate of drug-likeness (QED) is 0.342. The molecular weight excluding hydrogens is 450 g/mol. The number of allylic oxidation sites excluding steroid dienone is 3. The molecule has 0 bridgehead atoms. The number of hydroxylamine groups is 1. The summed E-state index contributed by atoms with van der Waals surface area (Å²) in [5, 5.41) is 11.0. The zero-order valence-corrected chi connectivity index (χ0v) is 20.1. The minimum absolute atomic E-state index is 0.0294. The van der Waals surface area contributed by atoms with Crippen LogP contribution in [-0.2, 0) is 10.4 Å². The van der Waals surface area contributed by atoms with Gasteiger partial charge in [0, 0.05) is 17.0 Å². The Bertz CT molecular complexity index is 981. The van der Waals surface area contributed by atoms with Crippen LogP contribution in [-0.4, -0.2) is 29.9 Å². The van der Waals surface area contributed by atoms with Crippen molar-refractivity contribution in [2.45, 2.75) is 64.3 Å². The lowest BCUT2D eigenvalue weighted by Crippen LogP contribution is -2.75. The lowest BCUT2D eigenvalue weighted by molar-refractivity contribution is -0.842. The Balaban J connectivity index is 1.99. The van der Waals surface area contributed by atoms with E-state index in [-0.39, 0.29) is 17.8 Å². The van der Waals surface area contributed by atoms with Crippen LogP contribution < -0.4 is 15.0 Å². The van der Waals surface area contributed by atoms with Crippen molar-refractivity contribution in [3.05, 3.63) is 63.8 Å². The van der Waals surface area contributed by atoms with E-state index >= 15 is 0 Å². The third-order valence-corrected chi connectivity index (χ3v) is 6.55. The van der Waals surface area contributed by atoms with Crippen molar-refractivity contribution < 1.29 is 33.7 Å². The van der Waals surface area contributed by atoms with Gasteiger partial charge in [0.2, 0.25) is 0 Å². The summed E-state index contributed by atoms with van der Waals surface area (Å²) in [4.78, 5) is 10.4. The van der Waals surface area contributed by atoms with Crippen LogP contribution in [0.4, 0.5) is 8.78 Å². The van der Waals surface area contributed by atoms with Crippen LogP contribution in [0.5, 0.6) is 11.5 Å². The topological polar surface area (TPSA) is 77.4 Å². The molecule has 1 unspecified atom stereocenters. The number of nitrogens with two attached hydrogens (primary N) is 1. The summed E-state index contributed by atoms with van der Waals surface area (Å²) in [7, 11) is 1.59. The Hall–Kier alpha value is -2.33. The molecule has 180 valence electrons. The molecule has 1 aromatic heterocycles. The number of quaternary nitrogens is 1. The fourth-order valence-electron chi connectivity index (χ4n) is 3.26. The number of halogens is 2. The Morgan fingerprint density at radius 3 is 2.67 bits per heavy atom. The van der Waals surface area contributed by atoms with Crippen LogP contribution in [0.1, 0.15) is 61.4 Å². The highest BCUT2D eigenvalue weighted by molar-refractivity contribution is 7.11. The van der Waals surface area contributed by atoms with Crippen molar-refractivity contribution in [2.24, 2.45) is 0 Å². The maximum absolute atomic E-state index is 12.9. The van der Waals surface area contributed by atoms with Gasteiger partial charge in [0.1, 0.15) is 16.8 Å². The Morgan fingerprint density at radius 1 is 1.33 bits per heavy atom. The molecular formula is C24H31F2N2O4S+. The Labute approximate surface area is 196 Å². The average Bonchev–Trinajstić information content (AvgIpc) is 3.42. The Morgan fingerprint density at radius 2 is 2.09 bits per heavy atom. The van der Waals surface area contributed by atoms with E-state index in [0.29, 0.717) is 17.2 Å². The monoisotopic (exact) mass is 481 g/mol. The first-order valence-corrected chi connectivity index (χ1v) is 11.6. The average molecular weight is 482 g/mol. The second kappa shape index (κ2) is 11.2. The van der Waals surface area contributed by atoms with Crippen molar-refractivity contribution in [3.8, 4) is 11.5 Å². The highest BCUT2D eigenvalue weighted by Crippen LogP contribution is 2.41. The molecule has 1 aromatic carbocycles. The van der Waals surface area contributed by atoms with E-state index in [1.807, 2.05) is 25.3 Å². The van der Waals surface area contributed by atoms with Crippen LogP contribution in [0.2, 0.25) is 0 Å². The molecule has 0 spiro atoms. The zero-order chi connectivity index (χ0) is 24.0. The van der Waals surface area contributed by atoms with E-state index in [0.717, 1.165) is 28.9 Å². The summed E-state index contributed by atoms with van der Waals surface area (Å²) in [5.74, 6) is 0.221. The molecule has 3 N–H and O–H groups in total. The third-order valence-electron chi connectivity index (χ3n) is 5.13. The predicted molar refractivity (Wildman–Crippen MR) is 122 cm³/mol. The minimum Gasteiger partial charge on any atom is -0.487 e. The third kappa shape index (κ3) is 7.33. The first-order chi connectivity index (χ1) is 15.7. The van der Waals surface area contributed by atoms with E-state index in [1.165, 1.54) is 17.4 Å². The zero-order valence-electron chi connectivity index (χ0n) is 19.3. The van der Waals surface area contributed by atoms with Crippen LogP contribution in [0, 0.1) is 0 Å². The molecule has 0 radical (unpaired) electrons. The molecule has 1 aliphatic carbocycles. The van der Waals surface area contributed by atoms with E-state index < -0.39 is 12.2 Å². The summed E-state index contributed by atoms with van der Waals surface area (Å²) in [6.45, 7) is 2.42. The second-order valence-corrected chi connectivity index (χ2v) is 9.44. The fraction of sp³-hybridized carbons (Fsp3) is 0.458. The molecule has 0 saturated heterocycles. The first kappa shape index (κ1) is 25.3. The van der Waals surface area contributed by atoms with Crippen molar-refractivity contribution in [1.82, 2.24) is 4.98 Å². The van der Waals surface area contributed by atoms with E-state index in [9.17, 15) is 13.9 Å². The highest BCUT2D eigenvalue weighted by Gasteiger charge is 2.28. The van der Waals surface area contributed by atoms with Gasteiger partial charge in [-0.1, -0.05) is 12.1 Å². The summed E-state index contributed by atoms with van der Waals surface area (Å²) in [6, 6.07) is 5.10. The maximum atomic E-state index is 12.9. The van der Waals surface area contributed by atoms with Gasteiger partial charge in [0.25, 0.3) is 0 Å². The first-order valence-electron chi connectivity index (χ1n) is 10.8. The molecule has 1 aliphatic rings. The molecule has 1 fully saturated rings. The van der Waals surface area contributed by atoms with E-state index in [2.05, 4.69) is 9.72 Å². The summed E-state index contributed by atoms with van der Waals surface area (Å²) < 4.78 is 36.4. The second-order valence-electron chi connectivity index (χ2n) is 8.38. The number of alkyl halides is 2. The SMILES string of the molecule is C/C=C(\C=C/[NH2+]OC)CC(c1ccc(OC(F)F)c(OC2CC2)c1)c1cnc(C(C)(C)O)s1. The smallest absolute Gasteiger partial charge is 0.387 e. The van der Waals surface area contributed by atoms with Gasteiger partial charge in [-0.15, -0.1) is 11.3 Å². The van der Waals surface area contributed by atoms with Crippen LogP contribution in [0.25, 0.3) is 0 Å². The van der Waals surface area contributed by atoms with E-state index in [1.54, 1.807) is 44.8 Å². The summed E-state index contributed by atoms with van der Waals surface area (Å²) in [5.41, 5.74) is 2.49.